The van der Waals surface area contributed by atoms with Gasteiger partial charge < -0.3 is 14.4 Å². The molecule has 0 unspecified atom stereocenters. The van der Waals surface area contributed by atoms with Crippen LogP contribution in [0, 0.1) is 17.0 Å². The van der Waals surface area contributed by atoms with Gasteiger partial charge in [0.25, 0.3) is 17.2 Å². The van der Waals surface area contributed by atoms with Crippen molar-refractivity contribution in [3.05, 3.63) is 97.4 Å². The van der Waals surface area contributed by atoms with Gasteiger partial charge >= 0.3 is 0 Å². The number of rotatable bonds is 7. The third-order valence-corrected chi connectivity index (χ3v) is 4.59. The van der Waals surface area contributed by atoms with Gasteiger partial charge in [0, 0.05) is 6.20 Å². The van der Waals surface area contributed by atoms with Crippen LogP contribution in [0.3, 0.4) is 0 Å². The number of aromatic nitrogens is 1. The number of phenolic OH excluding ortho intramolecular Hbond substituents is 1. The second kappa shape index (κ2) is 9.56. The Morgan fingerprint density at radius 3 is 2.75 bits per heavy atom. The van der Waals surface area contributed by atoms with E-state index in [1.165, 1.54) is 17.7 Å². The highest BCUT2D eigenvalue weighted by atomic mass is 16.6. The lowest BCUT2D eigenvalue weighted by molar-refractivity contribution is -0.385. The number of nitrogens with zero attached hydrogens (tertiary/aromatic N) is 3. The Morgan fingerprint density at radius 1 is 1.28 bits per heavy atom. The number of methoxy groups -OCH3 is 1. The molecule has 0 aliphatic rings. The van der Waals surface area contributed by atoms with E-state index in [2.05, 4.69) is 10.5 Å². The van der Waals surface area contributed by atoms with Crippen LogP contribution >= 0.6 is 0 Å². The maximum absolute atomic E-state index is 12.7. The molecular weight excluding hydrogens is 416 g/mol. The molecule has 0 spiro atoms. The lowest BCUT2D eigenvalue weighted by atomic mass is 10.1. The summed E-state index contributed by atoms with van der Waals surface area (Å²) >= 11 is 0. The number of carbonyl (C=O) groups excluding carboxylic acids is 1. The maximum atomic E-state index is 12.7. The average molecular weight is 436 g/mol. The number of benzene rings is 2. The number of nitrogens with one attached hydrogen (secondary N) is 1. The molecule has 10 nitrogen and oxygen atoms in total. The van der Waals surface area contributed by atoms with Gasteiger partial charge in [0.2, 0.25) is 0 Å². The molecule has 1 aromatic heterocycles. The Labute approximate surface area is 182 Å². The van der Waals surface area contributed by atoms with Gasteiger partial charge in [-0.25, -0.2) is 5.43 Å². The molecular formula is C22H20N4O6. The lowest BCUT2D eigenvalue weighted by Gasteiger charge is -2.08. The third kappa shape index (κ3) is 4.98. The standard InChI is InChI=1S/C22H20N4O6/c1-14-5-3-6-15(9-14)13-25-8-4-7-17(22(25)29)21(28)24-23-12-16-10-19(27)20(32-2)11-18(16)26(30)31/h3-12,27H,13H2,1-2H3,(H,24,28)/b23-12-. The van der Waals surface area contributed by atoms with Gasteiger partial charge in [-0.15, -0.1) is 0 Å². The number of hydrogen-bond acceptors (Lipinski definition) is 7. The summed E-state index contributed by atoms with van der Waals surface area (Å²) in [6.45, 7) is 2.24. The first-order chi connectivity index (χ1) is 15.3. The smallest absolute Gasteiger partial charge is 0.282 e. The van der Waals surface area contributed by atoms with Crippen molar-refractivity contribution in [2.75, 3.05) is 7.11 Å². The average Bonchev–Trinajstić information content (AvgIpc) is 2.75. The van der Waals surface area contributed by atoms with E-state index < -0.39 is 16.4 Å². The van der Waals surface area contributed by atoms with Crippen LogP contribution < -0.4 is 15.7 Å². The lowest BCUT2D eigenvalue weighted by Crippen LogP contribution is -2.30. The number of phenols is 1. The maximum Gasteiger partial charge on any atom is 0.282 e. The normalized spacial score (nSPS) is 10.8. The number of carbonyl (C=O) groups is 1. The van der Waals surface area contributed by atoms with Gasteiger partial charge in [0.05, 0.1) is 36.4 Å². The number of hydrazone groups is 1. The molecule has 0 aliphatic carbocycles. The van der Waals surface area contributed by atoms with Crippen molar-refractivity contribution < 1.29 is 19.6 Å². The van der Waals surface area contributed by atoms with Crippen LogP contribution in [0.5, 0.6) is 11.5 Å². The predicted octanol–water partition coefficient (Wildman–Crippen LogP) is 2.59. The first-order valence-corrected chi connectivity index (χ1v) is 9.44. The van der Waals surface area contributed by atoms with E-state index in [0.29, 0.717) is 6.54 Å². The zero-order valence-electron chi connectivity index (χ0n) is 17.3. The molecule has 0 saturated carbocycles. The highest BCUT2D eigenvalue weighted by Gasteiger charge is 2.18. The molecule has 32 heavy (non-hydrogen) atoms. The Bertz CT molecular complexity index is 1270. The van der Waals surface area contributed by atoms with Crippen LogP contribution in [0.25, 0.3) is 0 Å². The first-order valence-electron chi connectivity index (χ1n) is 9.44. The fourth-order valence-electron chi connectivity index (χ4n) is 3.06. The number of pyridine rings is 1. The number of nitro benzene ring substituents is 1. The molecule has 1 heterocycles. The molecule has 0 fully saturated rings. The number of aryl methyl sites for hydroxylation is 1. The van der Waals surface area contributed by atoms with Crippen LogP contribution in [0.2, 0.25) is 0 Å². The van der Waals surface area contributed by atoms with E-state index in [1.54, 1.807) is 12.3 Å². The summed E-state index contributed by atoms with van der Waals surface area (Å²) in [5.74, 6) is -1.17. The third-order valence-electron chi connectivity index (χ3n) is 4.59. The summed E-state index contributed by atoms with van der Waals surface area (Å²) in [5.41, 5.74) is 3.08. The van der Waals surface area contributed by atoms with Crippen molar-refractivity contribution in [2.24, 2.45) is 5.10 Å². The molecule has 164 valence electrons. The van der Waals surface area contributed by atoms with E-state index in [0.717, 1.165) is 29.5 Å². The number of aromatic hydroxyl groups is 1. The number of nitro groups is 1. The second-order valence-corrected chi connectivity index (χ2v) is 6.88. The van der Waals surface area contributed by atoms with E-state index >= 15 is 0 Å². The van der Waals surface area contributed by atoms with E-state index in [-0.39, 0.29) is 28.3 Å². The van der Waals surface area contributed by atoms with Crippen LogP contribution in [0.1, 0.15) is 27.0 Å². The fourth-order valence-corrected chi connectivity index (χ4v) is 3.06. The number of amides is 1. The van der Waals surface area contributed by atoms with Crippen LogP contribution in [0.4, 0.5) is 5.69 Å². The van der Waals surface area contributed by atoms with Crippen molar-refractivity contribution in [3.8, 4) is 11.5 Å². The SMILES string of the molecule is COc1cc([N+](=O)[O-])c(/C=N\NC(=O)c2cccn(Cc3cccc(C)c3)c2=O)cc1O. The van der Waals surface area contributed by atoms with Gasteiger partial charge in [-0.05, 0) is 30.7 Å². The minimum atomic E-state index is -0.773. The van der Waals surface area contributed by atoms with E-state index in [1.807, 2.05) is 31.2 Å². The number of hydrogen-bond donors (Lipinski definition) is 2. The highest BCUT2D eigenvalue weighted by Crippen LogP contribution is 2.32. The van der Waals surface area contributed by atoms with Crippen molar-refractivity contribution in [2.45, 2.75) is 13.5 Å². The topological polar surface area (TPSA) is 136 Å². The summed E-state index contributed by atoms with van der Waals surface area (Å²) in [6.07, 6.45) is 2.58. The Balaban J connectivity index is 1.80. The second-order valence-electron chi connectivity index (χ2n) is 6.88. The largest absolute Gasteiger partial charge is 0.504 e. The summed E-state index contributed by atoms with van der Waals surface area (Å²) in [7, 11) is 1.26. The highest BCUT2D eigenvalue weighted by molar-refractivity contribution is 5.95. The monoisotopic (exact) mass is 436 g/mol. The van der Waals surface area contributed by atoms with Crippen LogP contribution in [-0.2, 0) is 6.54 Å². The Kier molecular flexibility index (Phi) is 6.64. The van der Waals surface area contributed by atoms with Gasteiger partial charge in [0.15, 0.2) is 11.5 Å². The molecule has 0 radical (unpaired) electrons. The summed E-state index contributed by atoms with van der Waals surface area (Å²) < 4.78 is 6.26. The van der Waals surface area contributed by atoms with Gasteiger partial charge in [-0.1, -0.05) is 29.8 Å². The van der Waals surface area contributed by atoms with Gasteiger partial charge in [-0.2, -0.15) is 5.10 Å². The van der Waals surface area contributed by atoms with Crippen LogP contribution in [0.15, 0.2) is 64.6 Å². The Hall–Kier alpha value is -4.47. The predicted molar refractivity (Wildman–Crippen MR) is 117 cm³/mol. The molecule has 0 saturated heterocycles. The molecule has 1 amide bonds. The van der Waals surface area contributed by atoms with Crippen molar-refractivity contribution in [1.29, 1.82) is 0 Å². The molecule has 2 N–H and O–H groups in total. The molecule has 10 heteroatoms. The molecule has 0 aliphatic heterocycles. The molecule has 3 aromatic rings. The summed E-state index contributed by atoms with van der Waals surface area (Å²) in [5, 5.41) is 24.8. The minimum Gasteiger partial charge on any atom is -0.504 e. The minimum absolute atomic E-state index is 0.0569. The van der Waals surface area contributed by atoms with Gasteiger partial charge in [0.1, 0.15) is 5.56 Å². The first kappa shape index (κ1) is 22.2. The Morgan fingerprint density at radius 2 is 2.06 bits per heavy atom. The van der Waals surface area contributed by atoms with Crippen molar-refractivity contribution in [1.82, 2.24) is 9.99 Å². The van der Waals surface area contributed by atoms with E-state index in [4.69, 9.17) is 4.74 Å². The quantitative estimate of drug-likeness (QED) is 0.332. The molecule has 3 rings (SSSR count). The van der Waals surface area contributed by atoms with Gasteiger partial charge in [-0.3, -0.25) is 19.7 Å². The summed E-state index contributed by atoms with van der Waals surface area (Å²) in [6, 6.07) is 12.7. The zero-order chi connectivity index (χ0) is 23.3. The molecule has 0 bridgehead atoms. The summed E-state index contributed by atoms with van der Waals surface area (Å²) in [4.78, 5) is 35.7. The van der Waals surface area contributed by atoms with E-state index in [9.17, 15) is 24.8 Å². The number of ether oxygens (including phenoxy) is 1. The van der Waals surface area contributed by atoms with Crippen LogP contribution in [-0.4, -0.2) is 33.8 Å². The zero-order valence-corrected chi connectivity index (χ0v) is 17.3. The molecule has 0 atom stereocenters. The molecule has 2 aromatic carbocycles. The van der Waals surface area contributed by atoms with Crippen molar-refractivity contribution in [3.63, 3.8) is 0 Å². The van der Waals surface area contributed by atoms with Crippen molar-refractivity contribution >= 4 is 17.8 Å². The fraction of sp³-hybridized carbons (Fsp3) is 0.136.